The number of rotatable bonds is 5. The summed E-state index contributed by atoms with van der Waals surface area (Å²) in [5.41, 5.74) is 3.07. The maximum absolute atomic E-state index is 13.1. The van der Waals surface area contributed by atoms with Crippen LogP contribution >= 0.6 is 0 Å². The Morgan fingerprint density at radius 2 is 1.63 bits per heavy atom. The van der Waals surface area contributed by atoms with Crippen LogP contribution in [0.4, 0.5) is 0 Å². The Bertz CT molecular complexity index is 1530. The van der Waals surface area contributed by atoms with Gasteiger partial charge in [0.25, 0.3) is 0 Å². The van der Waals surface area contributed by atoms with Gasteiger partial charge in [-0.05, 0) is 133 Å². The van der Waals surface area contributed by atoms with E-state index < -0.39 is 11.4 Å². The Morgan fingerprint density at radius 1 is 0.913 bits per heavy atom. The van der Waals surface area contributed by atoms with E-state index in [1.54, 1.807) is 24.3 Å². The van der Waals surface area contributed by atoms with Crippen LogP contribution in [-0.2, 0) is 14.3 Å². The summed E-state index contributed by atoms with van der Waals surface area (Å²) < 4.78 is 11.4. The van der Waals surface area contributed by atoms with Crippen molar-refractivity contribution in [3.05, 3.63) is 53.1 Å². The van der Waals surface area contributed by atoms with Crippen LogP contribution in [0.15, 0.2) is 47.6 Å². The molecule has 0 aromatic heterocycles. The Labute approximate surface area is 275 Å². The van der Waals surface area contributed by atoms with E-state index in [4.69, 9.17) is 9.47 Å². The van der Waals surface area contributed by atoms with Crippen molar-refractivity contribution in [2.24, 2.45) is 44.3 Å². The van der Waals surface area contributed by atoms with E-state index >= 15 is 0 Å². The number of carboxylic acid groups (broad SMARTS) is 1. The van der Waals surface area contributed by atoms with Crippen molar-refractivity contribution in [3.63, 3.8) is 0 Å². The molecule has 3 saturated carbocycles. The van der Waals surface area contributed by atoms with Gasteiger partial charge in [-0.2, -0.15) is 0 Å². The molecule has 0 unspecified atom stereocenters. The maximum Gasteiger partial charge on any atom is 0.331 e. The van der Waals surface area contributed by atoms with Gasteiger partial charge in [-0.3, -0.25) is 4.79 Å². The number of esters is 1. The topological polar surface area (TPSA) is 93.1 Å². The molecule has 46 heavy (non-hydrogen) atoms. The van der Waals surface area contributed by atoms with E-state index in [9.17, 15) is 19.8 Å². The minimum absolute atomic E-state index is 0.00115. The van der Waals surface area contributed by atoms with Gasteiger partial charge in [-0.15, -0.1) is 0 Å². The molecule has 3 fully saturated rings. The van der Waals surface area contributed by atoms with Gasteiger partial charge >= 0.3 is 11.9 Å². The summed E-state index contributed by atoms with van der Waals surface area (Å²) in [6.45, 7) is 16.4. The SMILES string of the molecule is COc1cc(/C=C/C(=O)O[C@H]2CC[C@]3(C)C4=CC[C@@]5(C)[C@@H]6C[C@](C)(C(=O)O)CC[C@]6(C)CC[C@]5(C)C4=CC[C@H]3C2(C)C)ccc1O. The lowest BCUT2D eigenvalue weighted by molar-refractivity contribution is -0.172. The summed E-state index contributed by atoms with van der Waals surface area (Å²) in [5.74, 6) is 0.118. The number of benzene rings is 1. The molecule has 8 atom stereocenters. The highest BCUT2D eigenvalue weighted by Crippen LogP contribution is 2.74. The van der Waals surface area contributed by atoms with Crippen LogP contribution in [0.1, 0.15) is 112 Å². The number of aliphatic carboxylic acids is 1. The number of hydrogen-bond acceptors (Lipinski definition) is 5. The summed E-state index contributed by atoms with van der Waals surface area (Å²) in [7, 11) is 1.50. The van der Waals surface area contributed by atoms with Crippen LogP contribution in [0.25, 0.3) is 6.08 Å². The molecule has 2 N–H and O–H groups in total. The molecule has 6 heteroatoms. The number of carbonyl (C=O) groups excluding carboxylic acids is 1. The average molecular weight is 631 g/mol. The fourth-order valence-corrected chi connectivity index (χ4v) is 11.1. The molecular weight excluding hydrogens is 576 g/mol. The van der Waals surface area contributed by atoms with Crippen LogP contribution < -0.4 is 4.74 Å². The summed E-state index contributed by atoms with van der Waals surface area (Å²) in [6.07, 6.45) is 16.6. The summed E-state index contributed by atoms with van der Waals surface area (Å²) in [5, 5.41) is 20.1. The molecule has 6 rings (SSSR count). The van der Waals surface area contributed by atoms with Gasteiger partial charge < -0.3 is 19.7 Å². The second kappa shape index (κ2) is 10.8. The third kappa shape index (κ3) is 4.71. The quantitative estimate of drug-likeness (QED) is 0.249. The molecule has 6 nitrogen and oxygen atoms in total. The number of carboxylic acids is 1. The number of aromatic hydroxyl groups is 1. The van der Waals surface area contributed by atoms with Gasteiger partial charge in [0, 0.05) is 11.5 Å². The first kappa shape index (κ1) is 32.9. The van der Waals surface area contributed by atoms with Crippen LogP contribution in [0, 0.1) is 44.3 Å². The first-order valence-corrected chi connectivity index (χ1v) is 17.3. The van der Waals surface area contributed by atoms with E-state index in [-0.39, 0.29) is 44.9 Å². The van der Waals surface area contributed by atoms with Crippen molar-refractivity contribution in [1.29, 1.82) is 0 Å². The Morgan fingerprint density at radius 3 is 2.33 bits per heavy atom. The molecule has 0 radical (unpaired) electrons. The molecule has 0 heterocycles. The largest absolute Gasteiger partial charge is 0.504 e. The monoisotopic (exact) mass is 630 g/mol. The van der Waals surface area contributed by atoms with Crippen molar-refractivity contribution in [2.75, 3.05) is 7.11 Å². The van der Waals surface area contributed by atoms with E-state index in [1.165, 1.54) is 24.3 Å². The Hall–Kier alpha value is -3.02. The van der Waals surface area contributed by atoms with Crippen LogP contribution in [0.2, 0.25) is 0 Å². The Kier molecular flexibility index (Phi) is 7.69. The predicted octanol–water partition coefficient (Wildman–Crippen LogP) is 9.13. The summed E-state index contributed by atoms with van der Waals surface area (Å²) in [4.78, 5) is 25.5. The highest BCUT2D eigenvalue weighted by atomic mass is 16.5. The lowest BCUT2D eigenvalue weighted by Gasteiger charge is -2.68. The predicted molar refractivity (Wildman–Crippen MR) is 180 cm³/mol. The highest BCUT2D eigenvalue weighted by molar-refractivity contribution is 5.87. The van der Waals surface area contributed by atoms with Gasteiger partial charge in [0.15, 0.2) is 11.5 Å². The van der Waals surface area contributed by atoms with Crippen molar-refractivity contribution in [3.8, 4) is 11.5 Å². The van der Waals surface area contributed by atoms with Crippen molar-refractivity contribution >= 4 is 18.0 Å². The van der Waals surface area contributed by atoms with Crippen LogP contribution in [-0.4, -0.2) is 35.4 Å². The number of hydrogen-bond donors (Lipinski definition) is 2. The van der Waals surface area contributed by atoms with Gasteiger partial charge in [-0.1, -0.05) is 59.8 Å². The van der Waals surface area contributed by atoms with Crippen molar-refractivity contribution < 1.29 is 29.3 Å². The molecule has 1 aromatic carbocycles. The molecule has 0 saturated heterocycles. The minimum Gasteiger partial charge on any atom is -0.504 e. The van der Waals surface area contributed by atoms with Gasteiger partial charge in [0.05, 0.1) is 12.5 Å². The molecule has 5 aliphatic carbocycles. The third-order valence-corrected chi connectivity index (χ3v) is 14.6. The van der Waals surface area contributed by atoms with E-state index in [0.29, 0.717) is 17.6 Å². The minimum atomic E-state index is -0.653. The van der Waals surface area contributed by atoms with Crippen LogP contribution in [0.3, 0.4) is 0 Å². The van der Waals surface area contributed by atoms with Crippen LogP contribution in [0.5, 0.6) is 11.5 Å². The zero-order valence-electron chi connectivity index (χ0n) is 29.2. The maximum atomic E-state index is 13.1. The number of carbonyl (C=O) groups is 2. The second-order valence-corrected chi connectivity index (χ2v) is 17.2. The van der Waals surface area contributed by atoms with Gasteiger partial charge in [0.1, 0.15) is 6.10 Å². The summed E-state index contributed by atoms with van der Waals surface area (Å²) >= 11 is 0. The van der Waals surface area contributed by atoms with E-state index in [2.05, 4.69) is 53.7 Å². The molecule has 0 amide bonds. The van der Waals surface area contributed by atoms with Gasteiger partial charge in [-0.25, -0.2) is 4.79 Å². The zero-order valence-corrected chi connectivity index (χ0v) is 29.2. The van der Waals surface area contributed by atoms with Crippen molar-refractivity contribution in [2.45, 2.75) is 112 Å². The Balaban J connectivity index is 1.25. The third-order valence-electron chi connectivity index (χ3n) is 14.6. The average Bonchev–Trinajstić information content (AvgIpc) is 3.00. The molecule has 0 aliphatic heterocycles. The summed E-state index contributed by atoms with van der Waals surface area (Å²) in [6, 6.07) is 4.98. The molecule has 0 spiro atoms. The van der Waals surface area contributed by atoms with Crippen molar-refractivity contribution in [1.82, 2.24) is 0 Å². The normalized spacial score (nSPS) is 41.2. The first-order chi connectivity index (χ1) is 21.4. The molecular formula is C40H54O6. The first-order valence-electron chi connectivity index (χ1n) is 17.3. The number of methoxy groups -OCH3 is 1. The number of fused-ring (bicyclic) bond motifs is 7. The van der Waals surface area contributed by atoms with Gasteiger partial charge in [0.2, 0.25) is 0 Å². The molecule has 0 bridgehead atoms. The van der Waals surface area contributed by atoms with E-state index in [0.717, 1.165) is 63.4 Å². The zero-order chi connectivity index (χ0) is 33.5. The lowest BCUT2D eigenvalue weighted by atomic mass is 9.35. The fraction of sp³-hybridized carbons (Fsp3) is 0.650. The standard InChI is InChI=1S/C40H54O6/c1-35(2)30-13-11-27-26(15-18-40(7)31-24-37(4,34(43)44)20-19-36(31,3)21-22-39(27,40)6)38(30,5)17-16-32(35)46-33(42)14-10-25-9-12-28(41)29(23-25)45-8/h9-12,14-15,23,30-32,41H,13,16-22,24H2,1-8H3,(H,43,44)/b14-10+/t30-,31+,32-,36+,37+,38+,39+,40-/m0/s1. The van der Waals surface area contributed by atoms with E-state index in [1.807, 2.05) is 6.92 Å². The number of allylic oxidation sites excluding steroid dienone is 4. The molecule has 1 aromatic rings. The fourth-order valence-electron chi connectivity index (χ4n) is 11.1. The lowest BCUT2D eigenvalue weighted by Crippen LogP contribution is -2.61. The highest BCUT2D eigenvalue weighted by Gasteiger charge is 2.66. The second-order valence-electron chi connectivity index (χ2n) is 17.2. The number of ether oxygens (including phenoxy) is 2. The molecule has 250 valence electrons. The smallest absolute Gasteiger partial charge is 0.331 e. The molecule has 5 aliphatic rings. The number of phenolic OH excluding ortho intramolecular Hbond substituents is 1. The number of phenols is 1.